The number of nitrogens with zero attached hydrogens (tertiary/aromatic N) is 2. The largest absolute Gasteiger partial charge is 0.473 e. The fraction of sp³-hybridized carbons (Fsp3) is 0.231. The summed E-state index contributed by atoms with van der Waals surface area (Å²) >= 11 is 0. The highest BCUT2D eigenvalue weighted by molar-refractivity contribution is 5.28. The van der Waals surface area contributed by atoms with Gasteiger partial charge in [0, 0.05) is 18.2 Å². The number of anilines is 1. The summed E-state index contributed by atoms with van der Waals surface area (Å²) in [6.07, 6.45) is -4.68. The van der Waals surface area contributed by atoms with Gasteiger partial charge in [-0.1, -0.05) is 12.1 Å². The van der Waals surface area contributed by atoms with Gasteiger partial charge in [0.1, 0.15) is 12.4 Å². The van der Waals surface area contributed by atoms with Gasteiger partial charge in [0.15, 0.2) is 5.69 Å². The molecule has 124 valence electrons. The third kappa shape index (κ3) is 4.50. The number of nitrogens with one attached hydrogen (secondary N) is 1. The number of halogens is 4. The molecule has 0 saturated carbocycles. The minimum absolute atomic E-state index is 0.0790. The molecule has 1 aromatic carbocycles. The molecule has 0 spiro atoms. The van der Waals surface area contributed by atoms with E-state index in [1.165, 1.54) is 12.1 Å². The summed E-state index contributed by atoms with van der Waals surface area (Å²) in [6.45, 7) is -0.290. The summed E-state index contributed by atoms with van der Waals surface area (Å²) < 4.78 is 56.6. The van der Waals surface area contributed by atoms with E-state index < -0.39 is 23.6 Å². The fourth-order valence-electron chi connectivity index (χ4n) is 1.73. The summed E-state index contributed by atoms with van der Waals surface area (Å²) in [5, 5.41) is 8.52. The molecule has 1 aromatic heterocycles. The molecule has 0 radical (unpaired) electrons. The fourth-order valence-corrected chi connectivity index (χ4v) is 1.73. The summed E-state index contributed by atoms with van der Waals surface area (Å²) in [5.74, 6) is -1.54. The Balaban J connectivity index is 2.12. The second-order valence-electron chi connectivity index (χ2n) is 4.50. The number of ether oxygens (including phenoxy) is 1. The molecule has 0 unspecified atom stereocenters. The summed E-state index contributed by atoms with van der Waals surface area (Å²) in [6, 6.07) is 4.66. The highest BCUT2D eigenvalue weighted by Gasteiger charge is 2.33. The lowest BCUT2D eigenvalue weighted by molar-refractivity contribution is -0.141. The number of aromatic nitrogens is 2. The van der Waals surface area contributed by atoms with Crippen molar-refractivity contribution in [2.75, 3.05) is 5.73 Å². The molecule has 0 amide bonds. The lowest BCUT2D eigenvalue weighted by atomic mass is 10.1. The zero-order chi connectivity index (χ0) is 17.0. The van der Waals surface area contributed by atoms with Crippen LogP contribution >= 0.6 is 0 Å². The van der Waals surface area contributed by atoms with Crippen LogP contribution in [0.15, 0.2) is 24.3 Å². The average molecular weight is 332 g/mol. The predicted molar refractivity (Wildman–Crippen MR) is 70.8 cm³/mol. The van der Waals surface area contributed by atoms with E-state index in [4.69, 9.17) is 15.7 Å². The zero-order valence-corrected chi connectivity index (χ0v) is 11.6. The van der Waals surface area contributed by atoms with E-state index in [0.29, 0.717) is 11.6 Å². The molecule has 6 nitrogen and oxygen atoms in total. The highest BCUT2D eigenvalue weighted by atomic mass is 19.4. The summed E-state index contributed by atoms with van der Waals surface area (Å²) in [4.78, 5) is 6.62. The topological polar surface area (TPSA) is 93.3 Å². The van der Waals surface area contributed by atoms with Gasteiger partial charge in [-0.25, -0.2) is 14.9 Å². The van der Waals surface area contributed by atoms with E-state index in [1.807, 2.05) is 5.48 Å². The molecule has 2 aromatic rings. The van der Waals surface area contributed by atoms with Gasteiger partial charge >= 0.3 is 6.18 Å². The van der Waals surface area contributed by atoms with Crippen LogP contribution in [0, 0.1) is 5.82 Å². The Morgan fingerprint density at radius 3 is 2.57 bits per heavy atom. The van der Waals surface area contributed by atoms with E-state index in [1.54, 1.807) is 0 Å². The van der Waals surface area contributed by atoms with Crippen LogP contribution in [0.1, 0.15) is 16.8 Å². The first-order valence-corrected chi connectivity index (χ1v) is 6.28. The quantitative estimate of drug-likeness (QED) is 0.574. The number of alkyl halides is 3. The maximum absolute atomic E-state index is 13.6. The Kier molecular flexibility index (Phi) is 4.96. The second-order valence-corrected chi connectivity index (χ2v) is 4.50. The van der Waals surface area contributed by atoms with Crippen LogP contribution in [0.25, 0.3) is 0 Å². The molecule has 0 aliphatic rings. The Morgan fingerprint density at radius 1 is 1.22 bits per heavy atom. The smallest absolute Gasteiger partial charge is 0.433 e. The Morgan fingerprint density at radius 2 is 1.96 bits per heavy atom. The molecule has 2 rings (SSSR count). The van der Waals surface area contributed by atoms with Crippen molar-refractivity contribution in [3.05, 3.63) is 46.9 Å². The van der Waals surface area contributed by atoms with Crippen LogP contribution in [0.2, 0.25) is 0 Å². The number of nitrogens with two attached hydrogens (primary N) is 1. The van der Waals surface area contributed by atoms with Crippen molar-refractivity contribution in [3.63, 3.8) is 0 Å². The number of nitrogen functional groups attached to an aromatic ring is 1. The van der Waals surface area contributed by atoms with Crippen LogP contribution in [0.5, 0.6) is 5.88 Å². The molecule has 0 aliphatic heterocycles. The zero-order valence-electron chi connectivity index (χ0n) is 11.6. The molecule has 0 saturated heterocycles. The average Bonchev–Trinajstić information content (AvgIpc) is 2.46. The van der Waals surface area contributed by atoms with Crippen molar-refractivity contribution in [2.45, 2.75) is 19.3 Å². The molecule has 4 N–H and O–H groups in total. The van der Waals surface area contributed by atoms with E-state index in [9.17, 15) is 17.6 Å². The number of hydroxylamine groups is 1. The first-order valence-electron chi connectivity index (χ1n) is 6.28. The standard InChI is InChI=1S/C13H12F4N4O2/c14-9-3-7(1-2-8(9)5-19-22)6-23-11-4-10(13(15,16)17)20-12(18)21-11/h1-4,19,22H,5-6H2,(H2,18,20,21). The normalized spacial score (nSPS) is 11.5. The molecule has 0 fully saturated rings. The third-order valence-electron chi connectivity index (χ3n) is 2.78. The van der Waals surface area contributed by atoms with Crippen LogP contribution in [0.3, 0.4) is 0 Å². The van der Waals surface area contributed by atoms with Crippen molar-refractivity contribution in [2.24, 2.45) is 0 Å². The van der Waals surface area contributed by atoms with E-state index in [2.05, 4.69) is 9.97 Å². The first-order chi connectivity index (χ1) is 10.8. The predicted octanol–water partition coefficient (Wildman–Crippen LogP) is 2.27. The van der Waals surface area contributed by atoms with Gasteiger partial charge in [0.25, 0.3) is 0 Å². The summed E-state index contributed by atoms with van der Waals surface area (Å²) in [7, 11) is 0. The molecule has 23 heavy (non-hydrogen) atoms. The highest BCUT2D eigenvalue weighted by Crippen LogP contribution is 2.30. The molecule has 1 heterocycles. The number of benzene rings is 1. The van der Waals surface area contributed by atoms with Crippen LogP contribution < -0.4 is 16.0 Å². The van der Waals surface area contributed by atoms with Crippen molar-refractivity contribution in [1.82, 2.24) is 15.4 Å². The first kappa shape index (κ1) is 16.9. The molecule has 0 bridgehead atoms. The van der Waals surface area contributed by atoms with E-state index in [-0.39, 0.29) is 24.6 Å². The van der Waals surface area contributed by atoms with Crippen LogP contribution in [-0.2, 0) is 19.3 Å². The Bertz CT molecular complexity index is 694. The van der Waals surface area contributed by atoms with Gasteiger partial charge in [0.2, 0.25) is 11.8 Å². The van der Waals surface area contributed by atoms with Gasteiger partial charge in [-0.2, -0.15) is 18.2 Å². The monoisotopic (exact) mass is 332 g/mol. The lowest BCUT2D eigenvalue weighted by Crippen LogP contribution is -2.12. The minimum Gasteiger partial charge on any atom is -0.473 e. The molecule has 0 aliphatic carbocycles. The molecular weight excluding hydrogens is 320 g/mol. The lowest BCUT2D eigenvalue weighted by Gasteiger charge is -2.10. The number of rotatable bonds is 5. The molecular formula is C13H12F4N4O2. The maximum atomic E-state index is 13.6. The van der Waals surface area contributed by atoms with Crippen molar-refractivity contribution < 1.29 is 27.5 Å². The minimum atomic E-state index is -4.68. The van der Waals surface area contributed by atoms with Gasteiger partial charge in [-0.05, 0) is 11.6 Å². The second kappa shape index (κ2) is 6.75. The van der Waals surface area contributed by atoms with E-state index in [0.717, 1.165) is 6.07 Å². The Labute approximate surface area is 127 Å². The molecule has 10 heteroatoms. The van der Waals surface area contributed by atoms with Crippen molar-refractivity contribution >= 4 is 5.95 Å². The van der Waals surface area contributed by atoms with Crippen LogP contribution in [0.4, 0.5) is 23.5 Å². The number of hydrogen-bond donors (Lipinski definition) is 3. The van der Waals surface area contributed by atoms with Gasteiger partial charge in [-0.3, -0.25) is 0 Å². The molecule has 0 atom stereocenters. The summed E-state index contributed by atoms with van der Waals surface area (Å²) in [5.41, 5.74) is 6.40. The van der Waals surface area contributed by atoms with Gasteiger partial charge in [-0.15, -0.1) is 0 Å². The van der Waals surface area contributed by atoms with Crippen molar-refractivity contribution in [3.8, 4) is 5.88 Å². The van der Waals surface area contributed by atoms with Gasteiger partial charge in [0.05, 0.1) is 0 Å². The SMILES string of the molecule is Nc1nc(OCc2ccc(CNO)c(F)c2)cc(C(F)(F)F)n1. The van der Waals surface area contributed by atoms with Crippen molar-refractivity contribution in [1.29, 1.82) is 0 Å². The van der Waals surface area contributed by atoms with Crippen LogP contribution in [-0.4, -0.2) is 15.2 Å². The van der Waals surface area contributed by atoms with E-state index >= 15 is 0 Å². The van der Waals surface area contributed by atoms with Gasteiger partial charge < -0.3 is 15.7 Å². The third-order valence-corrected chi connectivity index (χ3v) is 2.78. The number of hydrogen-bond acceptors (Lipinski definition) is 6. The maximum Gasteiger partial charge on any atom is 0.433 e. The Hall–Kier alpha value is -2.46.